The fourth-order valence-corrected chi connectivity index (χ4v) is 2.23. The molecule has 0 fully saturated rings. The van der Waals surface area contributed by atoms with Crippen LogP contribution in [0.3, 0.4) is 0 Å². The van der Waals surface area contributed by atoms with Crippen molar-refractivity contribution in [3.05, 3.63) is 63.1 Å². The highest BCUT2D eigenvalue weighted by atomic mass is 79.9. The molecule has 4 heteroatoms. The van der Waals surface area contributed by atoms with Crippen LogP contribution in [0.25, 0.3) is 0 Å². The minimum absolute atomic E-state index is 0.469. The standard InChI is InChI=1S/C14H12BrClN2/c1-9-7-11(15)13(8-12(9)16)18-14(17)10-5-3-2-4-6-10/h2-8H,1H3,(H2,17,18). The Kier molecular flexibility index (Phi) is 4.04. The lowest BCUT2D eigenvalue weighted by atomic mass is 10.2. The van der Waals surface area contributed by atoms with Crippen LogP contribution in [0.5, 0.6) is 0 Å². The summed E-state index contributed by atoms with van der Waals surface area (Å²) in [6.45, 7) is 1.95. The van der Waals surface area contributed by atoms with Crippen molar-refractivity contribution in [2.24, 2.45) is 10.7 Å². The van der Waals surface area contributed by atoms with E-state index >= 15 is 0 Å². The molecule has 0 spiro atoms. The number of halogens is 2. The predicted octanol–water partition coefficient (Wildman–Crippen LogP) is 4.45. The molecule has 0 aliphatic rings. The number of benzene rings is 2. The van der Waals surface area contributed by atoms with E-state index in [1.165, 1.54) is 0 Å². The van der Waals surface area contributed by atoms with Gasteiger partial charge in [-0.05, 0) is 40.5 Å². The van der Waals surface area contributed by atoms with E-state index in [0.717, 1.165) is 21.3 Å². The Morgan fingerprint density at radius 1 is 1.22 bits per heavy atom. The van der Waals surface area contributed by atoms with Gasteiger partial charge in [0.15, 0.2) is 0 Å². The molecule has 0 aromatic heterocycles. The molecule has 0 atom stereocenters. The van der Waals surface area contributed by atoms with Crippen LogP contribution in [0.4, 0.5) is 5.69 Å². The third-order valence-electron chi connectivity index (χ3n) is 2.54. The van der Waals surface area contributed by atoms with Crippen LogP contribution in [0.15, 0.2) is 51.9 Å². The highest BCUT2D eigenvalue weighted by Crippen LogP contribution is 2.31. The van der Waals surface area contributed by atoms with Gasteiger partial charge in [-0.2, -0.15) is 0 Å². The quantitative estimate of drug-likeness (QED) is 0.643. The molecule has 0 saturated carbocycles. The van der Waals surface area contributed by atoms with Crippen LogP contribution < -0.4 is 5.73 Å². The van der Waals surface area contributed by atoms with Crippen molar-refractivity contribution >= 4 is 39.1 Å². The van der Waals surface area contributed by atoms with Crippen molar-refractivity contribution in [3.8, 4) is 0 Å². The van der Waals surface area contributed by atoms with E-state index in [1.54, 1.807) is 6.07 Å². The van der Waals surface area contributed by atoms with Crippen molar-refractivity contribution in [2.45, 2.75) is 6.92 Å². The maximum absolute atomic E-state index is 6.08. The second-order valence-electron chi connectivity index (χ2n) is 3.92. The molecule has 0 saturated heterocycles. The minimum Gasteiger partial charge on any atom is -0.383 e. The van der Waals surface area contributed by atoms with Crippen molar-refractivity contribution in [1.82, 2.24) is 0 Å². The number of hydrogen-bond acceptors (Lipinski definition) is 1. The van der Waals surface area contributed by atoms with Gasteiger partial charge in [0.1, 0.15) is 5.84 Å². The molecular formula is C14H12BrClN2. The first kappa shape index (κ1) is 13.1. The highest BCUT2D eigenvalue weighted by molar-refractivity contribution is 9.10. The number of aliphatic imine (C=N–C) groups is 1. The Bertz CT molecular complexity index is 594. The summed E-state index contributed by atoms with van der Waals surface area (Å²) >= 11 is 9.55. The largest absolute Gasteiger partial charge is 0.383 e. The molecular weight excluding hydrogens is 312 g/mol. The van der Waals surface area contributed by atoms with Gasteiger partial charge in [-0.1, -0.05) is 41.9 Å². The number of hydrogen-bond donors (Lipinski definition) is 1. The first-order chi connectivity index (χ1) is 8.58. The van der Waals surface area contributed by atoms with Gasteiger partial charge in [0, 0.05) is 15.1 Å². The zero-order chi connectivity index (χ0) is 13.1. The molecule has 0 aliphatic heterocycles. The van der Waals surface area contributed by atoms with E-state index < -0.39 is 0 Å². The van der Waals surface area contributed by atoms with Gasteiger partial charge in [-0.15, -0.1) is 0 Å². The molecule has 2 aromatic rings. The minimum atomic E-state index is 0.469. The monoisotopic (exact) mass is 322 g/mol. The Morgan fingerprint density at radius 3 is 2.56 bits per heavy atom. The highest BCUT2D eigenvalue weighted by Gasteiger charge is 2.05. The molecule has 92 valence electrons. The van der Waals surface area contributed by atoms with Crippen LogP contribution >= 0.6 is 27.5 Å². The van der Waals surface area contributed by atoms with Gasteiger partial charge < -0.3 is 5.73 Å². The van der Waals surface area contributed by atoms with E-state index in [1.807, 2.05) is 43.3 Å². The number of nitrogens with two attached hydrogens (primary N) is 1. The Balaban J connectivity index is 2.42. The van der Waals surface area contributed by atoms with Crippen LogP contribution in [0.1, 0.15) is 11.1 Å². The SMILES string of the molecule is Cc1cc(Br)c(N=C(N)c2ccccc2)cc1Cl. The normalized spacial score (nSPS) is 11.6. The Hall–Kier alpha value is -1.32. The fourth-order valence-electron chi connectivity index (χ4n) is 1.52. The van der Waals surface area contributed by atoms with Crippen LogP contribution in [-0.4, -0.2) is 5.84 Å². The van der Waals surface area contributed by atoms with Crippen LogP contribution in [-0.2, 0) is 0 Å². The maximum atomic E-state index is 6.08. The molecule has 0 bridgehead atoms. The first-order valence-electron chi connectivity index (χ1n) is 5.43. The molecule has 0 amide bonds. The predicted molar refractivity (Wildman–Crippen MR) is 80.7 cm³/mol. The van der Waals surface area contributed by atoms with Crippen molar-refractivity contribution < 1.29 is 0 Å². The average molecular weight is 324 g/mol. The summed E-state index contributed by atoms with van der Waals surface area (Å²) in [6, 6.07) is 13.4. The van der Waals surface area contributed by atoms with Gasteiger partial charge in [0.05, 0.1) is 5.69 Å². The maximum Gasteiger partial charge on any atom is 0.131 e. The lowest BCUT2D eigenvalue weighted by Crippen LogP contribution is -2.12. The summed E-state index contributed by atoms with van der Waals surface area (Å²) in [7, 11) is 0. The molecule has 0 unspecified atom stereocenters. The number of nitrogens with zero attached hydrogens (tertiary/aromatic N) is 1. The topological polar surface area (TPSA) is 38.4 Å². The van der Waals surface area contributed by atoms with Crippen molar-refractivity contribution in [3.63, 3.8) is 0 Å². The second kappa shape index (κ2) is 5.55. The van der Waals surface area contributed by atoms with Gasteiger partial charge >= 0.3 is 0 Å². The molecule has 0 aliphatic carbocycles. The third kappa shape index (κ3) is 2.92. The second-order valence-corrected chi connectivity index (χ2v) is 5.18. The molecule has 2 nitrogen and oxygen atoms in total. The van der Waals surface area contributed by atoms with Crippen molar-refractivity contribution in [2.75, 3.05) is 0 Å². The molecule has 2 rings (SSSR count). The van der Waals surface area contributed by atoms with Gasteiger partial charge in [-0.25, -0.2) is 4.99 Å². The van der Waals surface area contributed by atoms with E-state index in [0.29, 0.717) is 10.9 Å². The summed E-state index contributed by atoms with van der Waals surface area (Å²) in [5.41, 5.74) is 8.59. The van der Waals surface area contributed by atoms with Crippen molar-refractivity contribution in [1.29, 1.82) is 0 Å². The van der Waals surface area contributed by atoms with E-state index in [-0.39, 0.29) is 0 Å². The summed E-state index contributed by atoms with van der Waals surface area (Å²) in [4.78, 5) is 4.39. The van der Waals surface area contributed by atoms with Gasteiger partial charge in [0.25, 0.3) is 0 Å². The van der Waals surface area contributed by atoms with E-state index in [4.69, 9.17) is 17.3 Å². The van der Waals surface area contributed by atoms with E-state index in [2.05, 4.69) is 20.9 Å². The number of aryl methyl sites for hydroxylation is 1. The van der Waals surface area contributed by atoms with Gasteiger partial charge in [0.2, 0.25) is 0 Å². The molecule has 0 heterocycles. The summed E-state index contributed by atoms with van der Waals surface area (Å²) in [6.07, 6.45) is 0. The Labute approximate surface area is 120 Å². The average Bonchev–Trinajstić information content (AvgIpc) is 2.37. The molecule has 2 N–H and O–H groups in total. The smallest absolute Gasteiger partial charge is 0.131 e. The third-order valence-corrected chi connectivity index (χ3v) is 3.58. The summed E-state index contributed by atoms with van der Waals surface area (Å²) in [5, 5.41) is 0.679. The van der Waals surface area contributed by atoms with Crippen LogP contribution in [0, 0.1) is 6.92 Å². The lowest BCUT2D eigenvalue weighted by Gasteiger charge is -2.05. The number of rotatable bonds is 2. The van der Waals surface area contributed by atoms with Crippen LogP contribution in [0.2, 0.25) is 5.02 Å². The zero-order valence-electron chi connectivity index (χ0n) is 9.82. The van der Waals surface area contributed by atoms with Gasteiger partial charge in [-0.3, -0.25) is 0 Å². The zero-order valence-corrected chi connectivity index (χ0v) is 12.2. The lowest BCUT2D eigenvalue weighted by molar-refractivity contribution is 1.39. The molecule has 2 aromatic carbocycles. The van der Waals surface area contributed by atoms with E-state index in [9.17, 15) is 0 Å². The first-order valence-corrected chi connectivity index (χ1v) is 6.60. The summed E-state index contributed by atoms with van der Waals surface area (Å²) < 4.78 is 0.878. The molecule has 0 radical (unpaired) electrons. The summed E-state index contributed by atoms with van der Waals surface area (Å²) in [5.74, 6) is 0.469. The Morgan fingerprint density at radius 2 is 1.89 bits per heavy atom. The molecule has 18 heavy (non-hydrogen) atoms. The number of amidine groups is 1. The fraction of sp³-hybridized carbons (Fsp3) is 0.0714.